The number of likely N-dealkylation sites (tertiary alicyclic amines) is 1. The molecule has 1 unspecified atom stereocenters. The van der Waals surface area contributed by atoms with Gasteiger partial charge in [0.05, 0.1) is 11.7 Å². The van der Waals surface area contributed by atoms with E-state index in [9.17, 15) is 4.79 Å². The predicted molar refractivity (Wildman–Crippen MR) is 111 cm³/mol. The van der Waals surface area contributed by atoms with E-state index < -0.39 is 11.9 Å². The number of carbonyl (C=O) groups is 3. The van der Waals surface area contributed by atoms with Crippen molar-refractivity contribution in [3.63, 3.8) is 0 Å². The van der Waals surface area contributed by atoms with Crippen molar-refractivity contribution in [3.05, 3.63) is 66.0 Å². The summed E-state index contributed by atoms with van der Waals surface area (Å²) in [6, 6.07) is 16.2. The third kappa shape index (κ3) is 7.63. The molecule has 30 heavy (non-hydrogen) atoms. The van der Waals surface area contributed by atoms with Crippen LogP contribution in [0.5, 0.6) is 0 Å². The van der Waals surface area contributed by atoms with Gasteiger partial charge in [-0.3, -0.25) is 14.7 Å². The van der Waals surface area contributed by atoms with Gasteiger partial charge in [0.2, 0.25) is 5.91 Å². The van der Waals surface area contributed by atoms with E-state index >= 15 is 0 Å². The Balaban J connectivity index is 0.000000469. The van der Waals surface area contributed by atoms with Crippen LogP contribution in [0.1, 0.15) is 37.1 Å². The minimum atomic E-state index is -1.82. The van der Waals surface area contributed by atoms with Crippen molar-refractivity contribution in [3.8, 4) is 0 Å². The maximum absolute atomic E-state index is 12.5. The van der Waals surface area contributed by atoms with Gasteiger partial charge in [-0.1, -0.05) is 36.4 Å². The summed E-state index contributed by atoms with van der Waals surface area (Å²) >= 11 is 0. The maximum atomic E-state index is 12.5. The number of piperidine rings is 1. The minimum absolute atomic E-state index is 0.0604. The number of carbonyl (C=O) groups excluding carboxylic acids is 1. The van der Waals surface area contributed by atoms with Crippen molar-refractivity contribution < 1.29 is 24.6 Å². The van der Waals surface area contributed by atoms with Crippen LogP contribution in [-0.2, 0) is 20.9 Å². The van der Waals surface area contributed by atoms with Crippen molar-refractivity contribution in [1.82, 2.24) is 15.2 Å². The standard InChI is InChI=1S/C20H25N3O.C2H2O4/c1-16(17-7-3-2-4-8-17)22-20(24)18-10-13-23(14-11-18)15-19-9-5-6-12-21-19;3-1(4)2(5)6/h2-9,12,16,18H,10-11,13-15H2,1H3,(H,22,24);(H,3,4)(H,5,6). The number of amides is 1. The second-order valence-electron chi connectivity index (χ2n) is 7.12. The quantitative estimate of drug-likeness (QED) is 0.644. The second-order valence-corrected chi connectivity index (χ2v) is 7.12. The highest BCUT2D eigenvalue weighted by Crippen LogP contribution is 2.20. The Bertz CT molecular complexity index is 809. The van der Waals surface area contributed by atoms with Crippen LogP contribution in [0.3, 0.4) is 0 Å². The summed E-state index contributed by atoms with van der Waals surface area (Å²) in [5.41, 5.74) is 2.25. The molecule has 1 aliphatic rings. The fourth-order valence-electron chi connectivity index (χ4n) is 3.23. The number of aromatic nitrogens is 1. The number of hydrogen-bond donors (Lipinski definition) is 3. The summed E-state index contributed by atoms with van der Waals surface area (Å²) in [7, 11) is 0. The summed E-state index contributed by atoms with van der Waals surface area (Å²) in [6.07, 6.45) is 3.67. The zero-order chi connectivity index (χ0) is 21.9. The molecule has 0 saturated carbocycles. The first-order valence-corrected chi connectivity index (χ1v) is 9.80. The molecule has 0 spiro atoms. The molecule has 0 aliphatic carbocycles. The van der Waals surface area contributed by atoms with Crippen LogP contribution in [0.15, 0.2) is 54.7 Å². The first kappa shape index (κ1) is 23.0. The van der Waals surface area contributed by atoms with Crippen LogP contribution in [0, 0.1) is 5.92 Å². The number of nitrogens with zero attached hydrogens (tertiary/aromatic N) is 2. The molecule has 1 aromatic carbocycles. The van der Waals surface area contributed by atoms with E-state index in [0.717, 1.165) is 43.7 Å². The maximum Gasteiger partial charge on any atom is 0.414 e. The number of carboxylic acid groups (broad SMARTS) is 2. The highest BCUT2D eigenvalue weighted by atomic mass is 16.4. The van der Waals surface area contributed by atoms with Crippen LogP contribution in [0.4, 0.5) is 0 Å². The van der Waals surface area contributed by atoms with Gasteiger partial charge in [0.15, 0.2) is 0 Å². The van der Waals surface area contributed by atoms with Gasteiger partial charge in [0, 0.05) is 18.7 Å². The van der Waals surface area contributed by atoms with Gasteiger partial charge in [-0.05, 0) is 50.6 Å². The van der Waals surface area contributed by atoms with Gasteiger partial charge in [0.25, 0.3) is 0 Å². The van der Waals surface area contributed by atoms with Crippen LogP contribution in [-0.4, -0.2) is 51.0 Å². The zero-order valence-electron chi connectivity index (χ0n) is 16.9. The molecule has 3 N–H and O–H groups in total. The Labute approximate surface area is 175 Å². The molecule has 8 heteroatoms. The second kappa shape index (κ2) is 11.7. The molecule has 1 atom stereocenters. The van der Waals surface area contributed by atoms with E-state index in [1.807, 2.05) is 43.5 Å². The zero-order valence-corrected chi connectivity index (χ0v) is 16.9. The van der Waals surface area contributed by atoms with Crippen molar-refractivity contribution in [2.24, 2.45) is 5.92 Å². The molecule has 3 rings (SSSR count). The SMILES string of the molecule is CC(NC(=O)C1CCN(Cc2ccccn2)CC1)c1ccccc1.O=C(O)C(=O)O. The molecule has 2 aromatic rings. The van der Waals surface area contributed by atoms with E-state index in [4.69, 9.17) is 19.8 Å². The van der Waals surface area contributed by atoms with Gasteiger partial charge >= 0.3 is 11.9 Å². The minimum Gasteiger partial charge on any atom is -0.473 e. The smallest absolute Gasteiger partial charge is 0.414 e. The van der Waals surface area contributed by atoms with Crippen molar-refractivity contribution in [2.45, 2.75) is 32.4 Å². The number of rotatable bonds is 5. The molecular weight excluding hydrogens is 386 g/mol. The van der Waals surface area contributed by atoms with E-state index in [2.05, 4.69) is 33.4 Å². The number of hydrogen-bond acceptors (Lipinski definition) is 5. The third-order valence-electron chi connectivity index (χ3n) is 4.91. The van der Waals surface area contributed by atoms with E-state index in [1.165, 1.54) is 0 Å². The third-order valence-corrected chi connectivity index (χ3v) is 4.91. The van der Waals surface area contributed by atoms with Crippen molar-refractivity contribution in [2.75, 3.05) is 13.1 Å². The summed E-state index contributed by atoms with van der Waals surface area (Å²) < 4.78 is 0. The van der Waals surface area contributed by atoms with Crippen LogP contribution >= 0.6 is 0 Å². The molecular formula is C22H27N3O5. The van der Waals surface area contributed by atoms with Gasteiger partial charge in [-0.2, -0.15) is 0 Å². The fourth-order valence-corrected chi connectivity index (χ4v) is 3.23. The van der Waals surface area contributed by atoms with Crippen LogP contribution < -0.4 is 5.32 Å². The lowest BCUT2D eigenvalue weighted by molar-refractivity contribution is -0.159. The molecule has 1 aromatic heterocycles. The lowest BCUT2D eigenvalue weighted by atomic mass is 9.95. The molecule has 160 valence electrons. The number of carboxylic acids is 2. The molecule has 8 nitrogen and oxygen atoms in total. The molecule has 1 aliphatic heterocycles. The Morgan fingerprint density at radius 3 is 2.17 bits per heavy atom. The van der Waals surface area contributed by atoms with Crippen molar-refractivity contribution in [1.29, 1.82) is 0 Å². The van der Waals surface area contributed by atoms with E-state index in [0.29, 0.717) is 0 Å². The topological polar surface area (TPSA) is 120 Å². The normalized spacial score (nSPS) is 15.4. The Morgan fingerprint density at radius 2 is 1.63 bits per heavy atom. The van der Waals surface area contributed by atoms with Crippen LogP contribution in [0.25, 0.3) is 0 Å². The molecule has 0 bridgehead atoms. The van der Waals surface area contributed by atoms with E-state index in [1.54, 1.807) is 0 Å². The summed E-state index contributed by atoms with van der Waals surface area (Å²) in [5, 5.41) is 17.9. The Hall–Kier alpha value is -3.26. The lowest BCUT2D eigenvalue weighted by Gasteiger charge is -2.31. The van der Waals surface area contributed by atoms with Gasteiger partial charge in [-0.15, -0.1) is 0 Å². The number of benzene rings is 1. The molecule has 2 heterocycles. The fraction of sp³-hybridized carbons (Fsp3) is 0.364. The number of nitrogens with one attached hydrogen (secondary N) is 1. The molecule has 1 fully saturated rings. The Kier molecular flexibility index (Phi) is 8.96. The van der Waals surface area contributed by atoms with Gasteiger partial charge in [0.1, 0.15) is 0 Å². The Morgan fingerprint density at radius 1 is 1.03 bits per heavy atom. The first-order chi connectivity index (χ1) is 14.4. The number of aliphatic carboxylic acids is 2. The molecule has 1 saturated heterocycles. The summed E-state index contributed by atoms with van der Waals surface area (Å²) in [4.78, 5) is 37.5. The predicted octanol–water partition coefficient (Wildman–Crippen LogP) is 2.33. The largest absolute Gasteiger partial charge is 0.473 e. The average molecular weight is 413 g/mol. The highest BCUT2D eigenvalue weighted by molar-refractivity contribution is 6.27. The highest BCUT2D eigenvalue weighted by Gasteiger charge is 2.26. The number of pyridine rings is 1. The molecule has 1 amide bonds. The average Bonchev–Trinajstić information content (AvgIpc) is 2.76. The first-order valence-electron chi connectivity index (χ1n) is 9.80. The van der Waals surface area contributed by atoms with Gasteiger partial charge < -0.3 is 15.5 Å². The molecule has 0 radical (unpaired) electrons. The lowest BCUT2D eigenvalue weighted by Crippen LogP contribution is -2.41. The van der Waals surface area contributed by atoms with Crippen LogP contribution in [0.2, 0.25) is 0 Å². The van der Waals surface area contributed by atoms with Crippen molar-refractivity contribution >= 4 is 17.8 Å². The monoisotopic (exact) mass is 413 g/mol. The summed E-state index contributed by atoms with van der Waals surface area (Å²) in [6.45, 7) is 4.82. The summed E-state index contributed by atoms with van der Waals surface area (Å²) in [5.74, 6) is -3.34. The van der Waals surface area contributed by atoms with Gasteiger partial charge in [-0.25, -0.2) is 9.59 Å². The van der Waals surface area contributed by atoms with E-state index in [-0.39, 0.29) is 17.9 Å².